The average Bonchev–Trinajstić information content (AvgIpc) is 2.81. The number of carbonyl (C=O) groups is 1. The maximum atomic E-state index is 11.8. The Bertz CT molecular complexity index is 448. The van der Waals surface area contributed by atoms with Crippen molar-refractivity contribution in [1.29, 1.82) is 0 Å². The first-order valence-corrected chi connectivity index (χ1v) is 7.21. The molecule has 3 nitrogen and oxygen atoms in total. The summed E-state index contributed by atoms with van der Waals surface area (Å²) in [5.74, 6) is 0.494. The Balaban J connectivity index is 2.04. The Morgan fingerprint density at radius 3 is 2.58 bits per heavy atom. The van der Waals surface area contributed by atoms with Gasteiger partial charge in [0.1, 0.15) is 0 Å². The van der Waals surface area contributed by atoms with Gasteiger partial charge in [-0.3, -0.25) is 4.79 Å². The standard InChI is InChI=1S/C16H24N2O/c1-12(2)10-16(19)17-14-6-7-15(13(3)11-14)18-8-4-5-9-18/h6-7,11-12H,4-5,8-10H2,1-3H3,(H,17,19). The van der Waals surface area contributed by atoms with Crippen molar-refractivity contribution in [3.63, 3.8) is 0 Å². The lowest BCUT2D eigenvalue weighted by Gasteiger charge is -2.20. The van der Waals surface area contributed by atoms with E-state index in [-0.39, 0.29) is 5.91 Å². The van der Waals surface area contributed by atoms with Gasteiger partial charge in [0.25, 0.3) is 0 Å². The van der Waals surface area contributed by atoms with Gasteiger partial charge in [-0.25, -0.2) is 0 Å². The number of amides is 1. The third-order valence-electron chi connectivity index (χ3n) is 3.52. The second kappa shape index (κ2) is 6.09. The Morgan fingerprint density at radius 2 is 2.00 bits per heavy atom. The maximum absolute atomic E-state index is 11.8. The van der Waals surface area contributed by atoms with Gasteiger partial charge in [0, 0.05) is 30.9 Å². The topological polar surface area (TPSA) is 32.3 Å². The normalized spacial score (nSPS) is 15.1. The van der Waals surface area contributed by atoms with Crippen LogP contribution in [0.25, 0.3) is 0 Å². The molecule has 1 saturated heterocycles. The van der Waals surface area contributed by atoms with Crippen molar-refractivity contribution in [1.82, 2.24) is 0 Å². The first-order chi connectivity index (χ1) is 9.06. The second-order valence-corrected chi connectivity index (χ2v) is 5.84. The number of nitrogens with one attached hydrogen (secondary N) is 1. The monoisotopic (exact) mass is 260 g/mol. The first-order valence-electron chi connectivity index (χ1n) is 7.21. The van der Waals surface area contributed by atoms with Crippen molar-refractivity contribution in [2.24, 2.45) is 5.92 Å². The van der Waals surface area contributed by atoms with Gasteiger partial charge in [-0.05, 0) is 49.4 Å². The van der Waals surface area contributed by atoms with Crippen LogP contribution in [0.2, 0.25) is 0 Å². The molecule has 1 aromatic carbocycles. The molecule has 0 aliphatic carbocycles. The highest BCUT2D eigenvalue weighted by molar-refractivity contribution is 5.91. The SMILES string of the molecule is Cc1cc(NC(=O)CC(C)C)ccc1N1CCCC1. The lowest BCUT2D eigenvalue weighted by molar-refractivity contribution is -0.116. The molecular weight excluding hydrogens is 236 g/mol. The summed E-state index contributed by atoms with van der Waals surface area (Å²) in [6.07, 6.45) is 3.14. The second-order valence-electron chi connectivity index (χ2n) is 5.84. The number of carbonyl (C=O) groups excluding carboxylic acids is 1. The third kappa shape index (κ3) is 3.72. The number of hydrogen-bond donors (Lipinski definition) is 1. The Morgan fingerprint density at radius 1 is 1.32 bits per heavy atom. The molecule has 1 aliphatic heterocycles. The summed E-state index contributed by atoms with van der Waals surface area (Å²) in [7, 11) is 0. The number of anilines is 2. The number of nitrogens with zero attached hydrogens (tertiary/aromatic N) is 1. The summed E-state index contributed by atoms with van der Waals surface area (Å²) >= 11 is 0. The van der Waals surface area contributed by atoms with E-state index in [1.54, 1.807) is 0 Å². The van der Waals surface area contributed by atoms with Gasteiger partial charge in [-0.15, -0.1) is 0 Å². The Kier molecular flexibility index (Phi) is 4.46. The Labute approximate surface area is 116 Å². The molecule has 0 bridgehead atoms. The van der Waals surface area contributed by atoms with Crippen LogP contribution in [0.3, 0.4) is 0 Å². The molecule has 1 amide bonds. The van der Waals surface area contributed by atoms with E-state index >= 15 is 0 Å². The first kappa shape index (κ1) is 13.9. The van der Waals surface area contributed by atoms with Crippen molar-refractivity contribution in [2.75, 3.05) is 23.3 Å². The van der Waals surface area contributed by atoms with E-state index in [0.717, 1.165) is 18.8 Å². The van der Waals surface area contributed by atoms with Crippen LogP contribution in [0, 0.1) is 12.8 Å². The minimum absolute atomic E-state index is 0.100. The van der Waals surface area contributed by atoms with E-state index in [2.05, 4.69) is 43.1 Å². The summed E-state index contributed by atoms with van der Waals surface area (Å²) in [5.41, 5.74) is 3.45. The highest BCUT2D eigenvalue weighted by Gasteiger charge is 2.14. The molecule has 0 atom stereocenters. The van der Waals surface area contributed by atoms with Gasteiger partial charge in [-0.2, -0.15) is 0 Å². The molecule has 0 saturated carbocycles. The fourth-order valence-electron chi connectivity index (χ4n) is 2.63. The molecule has 1 heterocycles. The fraction of sp³-hybridized carbons (Fsp3) is 0.562. The van der Waals surface area contributed by atoms with Crippen molar-refractivity contribution >= 4 is 17.3 Å². The number of aryl methyl sites for hydroxylation is 1. The zero-order chi connectivity index (χ0) is 13.8. The molecule has 0 radical (unpaired) electrons. The van der Waals surface area contributed by atoms with E-state index in [4.69, 9.17) is 0 Å². The highest BCUT2D eigenvalue weighted by Crippen LogP contribution is 2.26. The molecule has 1 N–H and O–H groups in total. The Hall–Kier alpha value is -1.51. The van der Waals surface area contributed by atoms with Crippen LogP contribution in [0.5, 0.6) is 0 Å². The predicted octanol–water partition coefficient (Wildman–Crippen LogP) is 3.58. The largest absolute Gasteiger partial charge is 0.371 e. The minimum atomic E-state index is 0.100. The van der Waals surface area contributed by atoms with Crippen LogP contribution in [-0.4, -0.2) is 19.0 Å². The van der Waals surface area contributed by atoms with Crippen LogP contribution in [0.15, 0.2) is 18.2 Å². The van der Waals surface area contributed by atoms with Crippen LogP contribution in [0.4, 0.5) is 11.4 Å². The quantitative estimate of drug-likeness (QED) is 0.897. The molecular formula is C16H24N2O. The van der Waals surface area contributed by atoms with Gasteiger partial charge in [-0.1, -0.05) is 13.8 Å². The molecule has 104 valence electrons. The van der Waals surface area contributed by atoms with E-state index in [1.807, 2.05) is 6.07 Å². The van der Waals surface area contributed by atoms with Crippen molar-refractivity contribution in [2.45, 2.75) is 40.0 Å². The zero-order valence-corrected chi connectivity index (χ0v) is 12.2. The van der Waals surface area contributed by atoms with Gasteiger partial charge in [0.15, 0.2) is 0 Å². The van der Waals surface area contributed by atoms with E-state index in [9.17, 15) is 4.79 Å². The molecule has 19 heavy (non-hydrogen) atoms. The molecule has 1 aliphatic rings. The third-order valence-corrected chi connectivity index (χ3v) is 3.52. The molecule has 1 aromatic rings. The molecule has 0 spiro atoms. The number of rotatable bonds is 4. The van der Waals surface area contributed by atoms with Crippen LogP contribution < -0.4 is 10.2 Å². The van der Waals surface area contributed by atoms with Crippen molar-refractivity contribution in [3.8, 4) is 0 Å². The molecule has 0 aromatic heterocycles. The molecule has 0 unspecified atom stereocenters. The van der Waals surface area contributed by atoms with Gasteiger partial charge >= 0.3 is 0 Å². The average molecular weight is 260 g/mol. The minimum Gasteiger partial charge on any atom is -0.371 e. The van der Waals surface area contributed by atoms with Gasteiger partial charge in [0.05, 0.1) is 0 Å². The van der Waals surface area contributed by atoms with Crippen LogP contribution in [-0.2, 0) is 4.79 Å². The van der Waals surface area contributed by atoms with E-state index in [0.29, 0.717) is 12.3 Å². The fourth-order valence-corrected chi connectivity index (χ4v) is 2.63. The molecule has 1 fully saturated rings. The van der Waals surface area contributed by atoms with Gasteiger partial charge in [0.2, 0.25) is 5.91 Å². The van der Waals surface area contributed by atoms with Crippen molar-refractivity contribution < 1.29 is 4.79 Å². The van der Waals surface area contributed by atoms with Crippen molar-refractivity contribution in [3.05, 3.63) is 23.8 Å². The molecule has 3 heteroatoms. The summed E-state index contributed by atoms with van der Waals surface area (Å²) in [6, 6.07) is 6.22. The predicted molar refractivity (Wildman–Crippen MR) is 80.7 cm³/mol. The van der Waals surface area contributed by atoms with Crippen LogP contribution >= 0.6 is 0 Å². The number of hydrogen-bond acceptors (Lipinski definition) is 2. The highest BCUT2D eigenvalue weighted by atomic mass is 16.1. The summed E-state index contributed by atoms with van der Waals surface area (Å²) in [6.45, 7) is 8.54. The smallest absolute Gasteiger partial charge is 0.224 e. The van der Waals surface area contributed by atoms with E-state index in [1.165, 1.54) is 24.1 Å². The number of benzene rings is 1. The molecule has 2 rings (SSSR count). The van der Waals surface area contributed by atoms with Crippen LogP contribution in [0.1, 0.15) is 38.7 Å². The zero-order valence-electron chi connectivity index (χ0n) is 12.2. The van der Waals surface area contributed by atoms with Gasteiger partial charge < -0.3 is 10.2 Å². The lowest BCUT2D eigenvalue weighted by Crippen LogP contribution is -2.19. The summed E-state index contributed by atoms with van der Waals surface area (Å²) in [4.78, 5) is 14.2. The van der Waals surface area contributed by atoms with E-state index < -0.39 is 0 Å². The summed E-state index contributed by atoms with van der Waals surface area (Å²) < 4.78 is 0. The maximum Gasteiger partial charge on any atom is 0.224 e. The lowest BCUT2D eigenvalue weighted by atomic mass is 10.1. The summed E-state index contributed by atoms with van der Waals surface area (Å²) in [5, 5.41) is 2.97.